The Morgan fingerprint density at radius 2 is 1.93 bits per heavy atom. The predicted molar refractivity (Wildman–Crippen MR) is 110 cm³/mol. The Kier molecular flexibility index (Phi) is 6.58. The molecular formula is C21H30N4OS. The van der Waals surface area contributed by atoms with E-state index in [1.165, 1.54) is 30.2 Å². The summed E-state index contributed by atoms with van der Waals surface area (Å²) in [6.45, 7) is 9.43. The van der Waals surface area contributed by atoms with Gasteiger partial charge in [0, 0.05) is 12.5 Å². The summed E-state index contributed by atoms with van der Waals surface area (Å²) in [5.74, 6) is 2.68. The molecule has 1 fully saturated rings. The highest BCUT2D eigenvalue weighted by molar-refractivity contribution is 7.99. The Balaban J connectivity index is 1.51. The maximum atomic E-state index is 12.4. The Morgan fingerprint density at radius 1 is 1.22 bits per heavy atom. The monoisotopic (exact) mass is 386 g/mol. The first kappa shape index (κ1) is 19.9. The van der Waals surface area contributed by atoms with E-state index in [0.717, 1.165) is 29.5 Å². The van der Waals surface area contributed by atoms with Crippen LogP contribution >= 0.6 is 11.8 Å². The molecule has 6 heteroatoms. The molecule has 0 radical (unpaired) electrons. The van der Waals surface area contributed by atoms with Gasteiger partial charge >= 0.3 is 0 Å². The summed E-state index contributed by atoms with van der Waals surface area (Å²) in [6, 6.07) is 8.56. The summed E-state index contributed by atoms with van der Waals surface area (Å²) in [7, 11) is 0. The van der Waals surface area contributed by atoms with Gasteiger partial charge in [-0.1, -0.05) is 49.9 Å². The second-order valence-corrected chi connectivity index (χ2v) is 8.72. The molecule has 3 rings (SSSR count). The highest BCUT2D eigenvalue weighted by atomic mass is 32.2. The van der Waals surface area contributed by atoms with Gasteiger partial charge in [-0.2, -0.15) is 0 Å². The normalized spacial score (nSPS) is 15.1. The van der Waals surface area contributed by atoms with E-state index in [9.17, 15) is 4.79 Å². The minimum Gasteiger partial charge on any atom is -0.349 e. The van der Waals surface area contributed by atoms with E-state index in [-0.39, 0.29) is 11.9 Å². The van der Waals surface area contributed by atoms with Crippen LogP contribution in [0.15, 0.2) is 29.4 Å². The largest absolute Gasteiger partial charge is 0.349 e. The Labute approximate surface area is 166 Å². The van der Waals surface area contributed by atoms with Crippen LogP contribution in [0.1, 0.15) is 69.4 Å². The molecule has 1 aliphatic rings. The van der Waals surface area contributed by atoms with E-state index >= 15 is 0 Å². The van der Waals surface area contributed by atoms with Crippen LogP contribution in [0.2, 0.25) is 0 Å². The van der Waals surface area contributed by atoms with Crippen LogP contribution in [-0.2, 0) is 17.8 Å². The van der Waals surface area contributed by atoms with Crippen molar-refractivity contribution in [1.29, 1.82) is 0 Å². The minimum absolute atomic E-state index is 0.00253. The topological polar surface area (TPSA) is 59.8 Å². The number of amides is 1. The number of nitrogens with zero attached hydrogens (tertiary/aromatic N) is 3. The van der Waals surface area contributed by atoms with Crippen molar-refractivity contribution in [2.24, 2.45) is 5.92 Å². The summed E-state index contributed by atoms with van der Waals surface area (Å²) < 4.78 is 2.15. The van der Waals surface area contributed by atoms with Crippen LogP contribution in [0.4, 0.5) is 0 Å². The van der Waals surface area contributed by atoms with Crippen LogP contribution in [0.3, 0.4) is 0 Å². The number of thioether (sulfide) groups is 1. The molecule has 1 saturated carbocycles. The average molecular weight is 387 g/mol. The third-order valence-electron chi connectivity index (χ3n) is 4.84. The van der Waals surface area contributed by atoms with Gasteiger partial charge in [0.25, 0.3) is 0 Å². The fourth-order valence-electron chi connectivity index (χ4n) is 3.26. The molecule has 146 valence electrons. The molecule has 1 amide bonds. The molecule has 0 aliphatic heterocycles. The maximum Gasteiger partial charge on any atom is 0.230 e. The first-order valence-electron chi connectivity index (χ1n) is 9.92. The van der Waals surface area contributed by atoms with Crippen LogP contribution in [0.25, 0.3) is 0 Å². The lowest BCUT2D eigenvalue weighted by molar-refractivity contribution is -0.119. The quantitative estimate of drug-likeness (QED) is 0.651. The van der Waals surface area contributed by atoms with Crippen molar-refractivity contribution in [3.63, 3.8) is 0 Å². The number of carbonyl (C=O) groups is 1. The SMILES string of the molecule is CCn1c(SCC(=O)N[C@H](C)c2ccc(CC(C)C)cc2)nnc1C1CC1. The van der Waals surface area contributed by atoms with Gasteiger partial charge in [-0.05, 0) is 50.2 Å². The van der Waals surface area contributed by atoms with E-state index < -0.39 is 0 Å². The fourth-order valence-corrected chi connectivity index (χ4v) is 4.08. The third-order valence-corrected chi connectivity index (χ3v) is 5.80. The minimum atomic E-state index is -0.00253. The van der Waals surface area contributed by atoms with E-state index in [1.54, 1.807) is 0 Å². The fraction of sp³-hybridized carbons (Fsp3) is 0.571. The van der Waals surface area contributed by atoms with Gasteiger partial charge < -0.3 is 9.88 Å². The Hall–Kier alpha value is -1.82. The highest BCUT2D eigenvalue weighted by Gasteiger charge is 2.30. The van der Waals surface area contributed by atoms with E-state index in [4.69, 9.17) is 0 Å². The van der Waals surface area contributed by atoms with Crippen LogP contribution in [-0.4, -0.2) is 26.4 Å². The lowest BCUT2D eigenvalue weighted by Gasteiger charge is -2.15. The second kappa shape index (κ2) is 8.91. The number of hydrogen-bond donors (Lipinski definition) is 1. The highest BCUT2D eigenvalue weighted by Crippen LogP contribution is 2.39. The number of rotatable bonds is 9. The average Bonchev–Trinajstić information content (AvgIpc) is 3.39. The number of benzene rings is 1. The molecule has 0 unspecified atom stereocenters. The van der Waals surface area contributed by atoms with E-state index in [0.29, 0.717) is 17.6 Å². The summed E-state index contributed by atoms with van der Waals surface area (Å²) in [5, 5.41) is 12.5. The van der Waals surface area contributed by atoms with Gasteiger partial charge in [0.1, 0.15) is 5.82 Å². The van der Waals surface area contributed by atoms with Gasteiger partial charge in [-0.3, -0.25) is 4.79 Å². The first-order valence-corrected chi connectivity index (χ1v) is 10.9. The van der Waals surface area contributed by atoms with Crippen molar-refractivity contribution in [3.05, 3.63) is 41.2 Å². The number of hydrogen-bond acceptors (Lipinski definition) is 4. The van der Waals surface area contributed by atoms with Crippen molar-refractivity contribution in [2.45, 2.75) is 70.6 Å². The van der Waals surface area contributed by atoms with Gasteiger partial charge in [0.2, 0.25) is 5.91 Å². The molecule has 0 bridgehead atoms. The molecule has 27 heavy (non-hydrogen) atoms. The van der Waals surface area contributed by atoms with Crippen molar-refractivity contribution < 1.29 is 4.79 Å². The third kappa shape index (κ3) is 5.34. The second-order valence-electron chi connectivity index (χ2n) is 7.78. The zero-order chi connectivity index (χ0) is 19.4. The van der Waals surface area contributed by atoms with Crippen molar-refractivity contribution in [1.82, 2.24) is 20.1 Å². The number of carbonyl (C=O) groups excluding carboxylic acids is 1. The molecule has 1 aromatic heterocycles. The molecule has 5 nitrogen and oxygen atoms in total. The smallest absolute Gasteiger partial charge is 0.230 e. The first-order chi connectivity index (χ1) is 13.0. The van der Waals surface area contributed by atoms with Crippen LogP contribution in [0, 0.1) is 5.92 Å². The predicted octanol–water partition coefficient (Wildman–Crippen LogP) is 4.34. The standard InChI is InChI=1S/C21H30N4OS/c1-5-25-20(18-10-11-18)23-24-21(25)27-13-19(26)22-15(4)17-8-6-16(7-9-17)12-14(2)3/h6-9,14-15,18H,5,10-13H2,1-4H3,(H,22,26)/t15-/m1/s1. The van der Waals surface area contributed by atoms with Crippen molar-refractivity contribution in [2.75, 3.05) is 5.75 Å². The summed E-state index contributed by atoms with van der Waals surface area (Å²) >= 11 is 1.47. The summed E-state index contributed by atoms with van der Waals surface area (Å²) in [4.78, 5) is 12.4. The van der Waals surface area contributed by atoms with Gasteiger partial charge in [-0.25, -0.2) is 0 Å². The molecule has 1 aromatic carbocycles. The molecule has 1 aliphatic carbocycles. The van der Waals surface area contributed by atoms with Crippen LogP contribution in [0.5, 0.6) is 0 Å². The molecule has 2 aromatic rings. The zero-order valence-electron chi connectivity index (χ0n) is 16.7. The van der Waals surface area contributed by atoms with Crippen LogP contribution < -0.4 is 5.32 Å². The van der Waals surface area contributed by atoms with E-state index in [1.807, 2.05) is 6.92 Å². The summed E-state index contributed by atoms with van der Waals surface area (Å²) in [5.41, 5.74) is 2.47. The Morgan fingerprint density at radius 3 is 2.52 bits per heavy atom. The molecular weight excluding hydrogens is 356 g/mol. The van der Waals surface area contributed by atoms with Gasteiger partial charge in [0.05, 0.1) is 11.8 Å². The summed E-state index contributed by atoms with van der Waals surface area (Å²) in [6.07, 6.45) is 3.49. The zero-order valence-corrected chi connectivity index (χ0v) is 17.6. The van der Waals surface area contributed by atoms with Gasteiger partial charge in [0.15, 0.2) is 5.16 Å². The van der Waals surface area contributed by atoms with Crippen molar-refractivity contribution in [3.8, 4) is 0 Å². The molecule has 0 saturated heterocycles. The number of aromatic nitrogens is 3. The lowest BCUT2D eigenvalue weighted by Crippen LogP contribution is -2.28. The van der Waals surface area contributed by atoms with Crippen molar-refractivity contribution >= 4 is 17.7 Å². The number of nitrogens with one attached hydrogen (secondary N) is 1. The lowest BCUT2D eigenvalue weighted by atomic mass is 10.00. The molecule has 0 spiro atoms. The maximum absolute atomic E-state index is 12.4. The Bertz CT molecular complexity index is 765. The van der Waals surface area contributed by atoms with E-state index in [2.05, 4.69) is 65.1 Å². The van der Waals surface area contributed by atoms with Gasteiger partial charge in [-0.15, -0.1) is 10.2 Å². The molecule has 1 atom stereocenters. The molecule has 1 heterocycles. The molecule has 1 N–H and O–H groups in total.